The molecule has 0 radical (unpaired) electrons. The number of likely N-dealkylation sites (tertiary alicyclic amines) is 1. The van der Waals surface area contributed by atoms with Gasteiger partial charge in [0.2, 0.25) is 17.7 Å². The van der Waals surface area contributed by atoms with Crippen molar-refractivity contribution in [1.29, 1.82) is 0 Å². The number of carbonyl (C=O) groups excluding carboxylic acids is 3. The summed E-state index contributed by atoms with van der Waals surface area (Å²) in [5.74, 6) is -0.362. The summed E-state index contributed by atoms with van der Waals surface area (Å²) in [4.78, 5) is 38.1. The van der Waals surface area contributed by atoms with Crippen molar-refractivity contribution in [3.05, 3.63) is 0 Å². The van der Waals surface area contributed by atoms with Crippen molar-refractivity contribution in [2.24, 2.45) is 0 Å². The highest BCUT2D eigenvalue weighted by molar-refractivity contribution is 6.02. The molecule has 0 aliphatic carbocycles. The first-order valence-electron chi connectivity index (χ1n) is 6.63. The molecule has 19 heavy (non-hydrogen) atoms. The molecule has 0 aromatic rings. The standard InChI is InChI=1S/C13H20N2O4/c1-13(2)9-19-8-7-15(13)12(18)5-6-14-10(16)3-4-11(14)17/h3-9H2,1-2H3. The van der Waals surface area contributed by atoms with Crippen LogP contribution >= 0.6 is 0 Å². The molecule has 6 nitrogen and oxygen atoms in total. The van der Waals surface area contributed by atoms with Crippen molar-refractivity contribution in [2.45, 2.75) is 38.6 Å². The minimum absolute atomic E-state index is 0.0270. The Morgan fingerprint density at radius 3 is 2.47 bits per heavy atom. The highest BCUT2D eigenvalue weighted by Crippen LogP contribution is 2.20. The Morgan fingerprint density at radius 1 is 1.26 bits per heavy atom. The van der Waals surface area contributed by atoms with Gasteiger partial charge in [-0.3, -0.25) is 19.3 Å². The number of imide groups is 1. The van der Waals surface area contributed by atoms with Crippen LogP contribution in [0.5, 0.6) is 0 Å². The third kappa shape index (κ3) is 2.94. The molecule has 0 N–H and O–H groups in total. The Bertz CT molecular complexity index is 389. The van der Waals surface area contributed by atoms with Gasteiger partial charge in [0.1, 0.15) is 0 Å². The molecule has 2 aliphatic heterocycles. The number of hydrogen-bond acceptors (Lipinski definition) is 4. The van der Waals surface area contributed by atoms with Gasteiger partial charge < -0.3 is 9.64 Å². The average molecular weight is 268 g/mol. The van der Waals surface area contributed by atoms with Gasteiger partial charge in [-0.15, -0.1) is 0 Å². The van der Waals surface area contributed by atoms with E-state index in [1.54, 1.807) is 4.90 Å². The Kier molecular flexibility index (Phi) is 3.89. The first-order valence-corrected chi connectivity index (χ1v) is 6.63. The predicted molar refractivity (Wildman–Crippen MR) is 67.2 cm³/mol. The summed E-state index contributed by atoms with van der Waals surface area (Å²) in [6, 6.07) is 0. The van der Waals surface area contributed by atoms with E-state index in [4.69, 9.17) is 4.74 Å². The van der Waals surface area contributed by atoms with E-state index in [1.165, 1.54) is 4.90 Å². The summed E-state index contributed by atoms with van der Waals surface area (Å²) < 4.78 is 5.36. The second kappa shape index (κ2) is 5.28. The van der Waals surface area contributed by atoms with Crippen molar-refractivity contribution >= 4 is 17.7 Å². The molecular weight excluding hydrogens is 248 g/mol. The van der Waals surface area contributed by atoms with Crippen LogP contribution in [0.15, 0.2) is 0 Å². The molecule has 2 heterocycles. The third-order valence-electron chi connectivity index (χ3n) is 3.65. The van der Waals surface area contributed by atoms with E-state index in [0.717, 1.165) is 0 Å². The molecule has 0 bridgehead atoms. The van der Waals surface area contributed by atoms with E-state index in [-0.39, 0.29) is 49.1 Å². The predicted octanol–water partition coefficient (Wildman–Crippen LogP) is 0.163. The number of ether oxygens (including phenoxy) is 1. The summed E-state index contributed by atoms with van der Waals surface area (Å²) in [5, 5.41) is 0. The monoisotopic (exact) mass is 268 g/mol. The van der Waals surface area contributed by atoms with Crippen molar-refractivity contribution in [2.75, 3.05) is 26.3 Å². The zero-order valence-electron chi connectivity index (χ0n) is 11.5. The Labute approximate surface area is 112 Å². The molecule has 6 heteroatoms. The molecule has 2 rings (SSSR count). The zero-order chi connectivity index (χ0) is 14.0. The minimum atomic E-state index is -0.325. The summed E-state index contributed by atoms with van der Waals surface area (Å²) in [6.45, 7) is 5.72. The molecule has 0 saturated carbocycles. The van der Waals surface area contributed by atoms with Gasteiger partial charge in [-0.05, 0) is 13.8 Å². The van der Waals surface area contributed by atoms with Crippen LogP contribution < -0.4 is 0 Å². The van der Waals surface area contributed by atoms with E-state index in [9.17, 15) is 14.4 Å². The summed E-state index contributed by atoms with van der Waals surface area (Å²) in [6.07, 6.45) is 0.743. The van der Waals surface area contributed by atoms with Gasteiger partial charge in [0.15, 0.2) is 0 Å². The Balaban J connectivity index is 1.90. The van der Waals surface area contributed by atoms with E-state index < -0.39 is 0 Å². The molecule has 0 spiro atoms. The SMILES string of the molecule is CC1(C)COCCN1C(=O)CCN1C(=O)CCC1=O. The van der Waals surface area contributed by atoms with Gasteiger partial charge in [-0.2, -0.15) is 0 Å². The maximum absolute atomic E-state index is 12.2. The van der Waals surface area contributed by atoms with E-state index >= 15 is 0 Å². The fraction of sp³-hybridized carbons (Fsp3) is 0.769. The van der Waals surface area contributed by atoms with Crippen LogP contribution in [-0.2, 0) is 19.1 Å². The third-order valence-corrected chi connectivity index (χ3v) is 3.65. The lowest BCUT2D eigenvalue weighted by molar-refractivity contribution is -0.147. The molecule has 106 valence electrons. The smallest absolute Gasteiger partial charge is 0.229 e. The van der Waals surface area contributed by atoms with Crippen molar-refractivity contribution < 1.29 is 19.1 Å². The lowest BCUT2D eigenvalue weighted by Crippen LogP contribution is -2.56. The van der Waals surface area contributed by atoms with Gasteiger partial charge in [-0.1, -0.05) is 0 Å². The highest BCUT2D eigenvalue weighted by atomic mass is 16.5. The number of morpholine rings is 1. The fourth-order valence-corrected chi connectivity index (χ4v) is 2.54. The van der Waals surface area contributed by atoms with Crippen LogP contribution in [0.2, 0.25) is 0 Å². The topological polar surface area (TPSA) is 66.9 Å². The van der Waals surface area contributed by atoms with Gasteiger partial charge in [0.05, 0.1) is 18.8 Å². The van der Waals surface area contributed by atoms with Crippen molar-refractivity contribution in [3.8, 4) is 0 Å². The summed E-state index contributed by atoms with van der Waals surface area (Å²) in [5.41, 5.74) is -0.325. The molecule has 2 saturated heterocycles. The van der Waals surface area contributed by atoms with Gasteiger partial charge in [-0.25, -0.2) is 0 Å². The largest absolute Gasteiger partial charge is 0.377 e. The molecule has 0 unspecified atom stereocenters. The molecule has 2 aliphatic rings. The molecule has 0 aromatic carbocycles. The van der Waals surface area contributed by atoms with Gasteiger partial charge in [0, 0.05) is 32.4 Å². The maximum Gasteiger partial charge on any atom is 0.229 e. The molecule has 0 aromatic heterocycles. The van der Waals surface area contributed by atoms with Crippen LogP contribution in [0, 0.1) is 0 Å². The lowest BCUT2D eigenvalue weighted by Gasteiger charge is -2.42. The minimum Gasteiger partial charge on any atom is -0.377 e. The van der Waals surface area contributed by atoms with E-state index in [0.29, 0.717) is 19.8 Å². The lowest BCUT2D eigenvalue weighted by atomic mass is 10.0. The number of amides is 3. The second-order valence-electron chi connectivity index (χ2n) is 5.60. The van der Waals surface area contributed by atoms with Crippen LogP contribution in [0.4, 0.5) is 0 Å². The second-order valence-corrected chi connectivity index (χ2v) is 5.60. The molecule has 3 amide bonds. The van der Waals surface area contributed by atoms with Crippen molar-refractivity contribution in [3.63, 3.8) is 0 Å². The number of nitrogens with zero attached hydrogens (tertiary/aromatic N) is 2. The van der Waals surface area contributed by atoms with E-state index in [2.05, 4.69) is 0 Å². The first-order chi connectivity index (χ1) is 8.92. The molecule has 2 fully saturated rings. The number of hydrogen-bond donors (Lipinski definition) is 0. The van der Waals surface area contributed by atoms with Crippen LogP contribution in [0.25, 0.3) is 0 Å². The normalized spacial score (nSPS) is 23.1. The summed E-state index contributed by atoms with van der Waals surface area (Å²) >= 11 is 0. The number of rotatable bonds is 3. The average Bonchev–Trinajstić information content (AvgIpc) is 2.66. The fourth-order valence-electron chi connectivity index (χ4n) is 2.54. The number of carbonyl (C=O) groups is 3. The first kappa shape index (κ1) is 14.0. The van der Waals surface area contributed by atoms with E-state index in [1.807, 2.05) is 13.8 Å². The highest BCUT2D eigenvalue weighted by Gasteiger charge is 2.35. The van der Waals surface area contributed by atoms with Crippen LogP contribution in [0.1, 0.15) is 33.1 Å². The van der Waals surface area contributed by atoms with Crippen LogP contribution in [0.3, 0.4) is 0 Å². The summed E-state index contributed by atoms with van der Waals surface area (Å²) in [7, 11) is 0. The maximum atomic E-state index is 12.2. The van der Waals surface area contributed by atoms with Gasteiger partial charge in [0.25, 0.3) is 0 Å². The van der Waals surface area contributed by atoms with Crippen molar-refractivity contribution in [1.82, 2.24) is 9.80 Å². The molecule has 0 atom stereocenters. The quantitative estimate of drug-likeness (QED) is 0.684. The Hall–Kier alpha value is -1.43. The van der Waals surface area contributed by atoms with Crippen LogP contribution in [-0.4, -0.2) is 59.4 Å². The molecular formula is C13H20N2O4. The van der Waals surface area contributed by atoms with Gasteiger partial charge >= 0.3 is 0 Å². The Morgan fingerprint density at radius 2 is 1.89 bits per heavy atom. The zero-order valence-corrected chi connectivity index (χ0v) is 11.5.